The molecule has 2 fully saturated rings. The molecule has 0 spiro atoms. The summed E-state index contributed by atoms with van der Waals surface area (Å²) >= 11 is 0. The van der Waals surface area contributed by atoms with Gasteiger partial charge >= 0.3 is 0 Å². The second-order valence-corrected chi connectivity index (χ2v) is 6.07. The third kappa shape index (κ3) is 4.83. The number of hydrogen-bond donors (Lipinski definition) is 1. The first-order valence-corrected chi connectivity index (χ1v) is 8.15. The summed E-state index contributed by atoms with van der Waals surface area (Å²) in [6.45, 7) is 5.59. The van der Waals surface area contributed by atoms with Crippen LogP contribution in [0, 0.1) is 0 Å². The fraction of sp³-hybridized carbons (Fsp3) is 0.588. The molecular formula is C17H27Cl2N3O2. The summed E-state index contributed by atoms with van der Waals surface area (Å²) in [5.74, 6) is -0.0471. The highest BCUT2D eigenvalue weighted by Crippen LogP contribution is 2.23. The maximum Gasteiger partial charge on any atom is 0.231 e. The van der Waals surface area contributed by atoms with E-state index in [0.717, 1.165) is 51.4 Å². The van der Waals surface area contributed by atoms with E-state index in [-0.39, 0.29) is 36.6 Å². The molecule has 136 valence electrons. The molecule has 7 heteroatoms. The summed E-state index contributed by atoms with van der Waals surface area (Å²) in [6, 6.07) is 10.3. The van der Waals surface area contributed by atoms with Crippen LogP contribution >= 0.6 is 24.8 Å². The number of ether oxygens (including phenoxy) is 1. The van der Waals surface area contributed by atoms with Crippen molar-refractivity contribution in [3.8, 4) is 0 Å². The van der Waals surface area contributed by atoms with Crippen molar-refractivity contribution in [3.63, 3.8) is 0 Å². The van der Waals surface area contributed by atoms with Crippen molar-refractivity contribution in [2.75, 3.05) is 45.9 Å². The van der Waals surface area contributed by atoms with E-state index in [4.69, 9.17) is 10.5 Å². The Morgan fingerprint density at radius 1 is 1.17 bits per heavy atom. The summed E-state index contributed by atoms with van der Waals surface area (Å²) in [6.07, 6.45) is 1.05. The van der Waals surface area contributed by atoms with E-state index in [0.29, 0.717) is 12.6 Å². The number of amides is 1. The smallest absolute Gasteiger partial charge is 0.231 e. The number of carbonyl (C=O) groups is 1. The van der Waals surface area contributed by atoms with Gasteiger partial charge in [-0.15, -0.1) is 24.8 Å². The molecule has 2 saturated heterocycles. The maximum atomic E-state index is 12.8. The molecule has 1 aromatic carbocycles. The highest BCUT2D eigenvalue weighted by Gasteiger charge is 2.34. The minimum atomic E-state index is -0.218. The Morgan fingerprint density at radius 3 is 2.46 bits per heavy atom. The van der Waals surface area contributed by atoms with Crippen LogP contribution in [0.15, 0.2) is 30.3 Å². The zero-order valence-corrected chi connectivity index (χ0v) is 15.4. The lowest BCUT2D eigenvalue weighted by molar-refractivity contribution is -0.131. The van der Waals surface area contributed by atoms with Gasteiger partial charge in [-0.05, 0) is 12.0 Å². The number of nitrogens with two attached hydrogens (primary N) is 1. The minimum Gasteiger partial charge on any atom is -0.379 e. The normalized spacial score (nSPS) is 22.4. The monoisotopic (exact) mass is 375 g/mol. The second kappa shape index (κ2) is 10.2. The molecule has 0 bridgehead atoms. The summed E-state index contributed by atoms with van der Waals surface area (Å²) in [4.78, 5) is 17.3. The number of nitrogens with zero attached hydrogens (tertiary/aromatic N) is 2. The molecule has 3 rings (SSSR count). The Labute approximate surface area is 156 Å². The topological polar surface area (TPSA) is 58.8 Å². The van der Waals surface area contributed by atoms with Gasteiger partial charge in [0, 0.05) is 38.8 Å². The standard InChI is InChI=1S/C17H25N3O2.2ClH/c18-12-16(14-4-2-1-3-5-14)17(21)20-7-6-15(13-20)19-8-10-22-11-9-19;;/h1-5,15-16H,6-13,18H2;2*1H. The Hall–Kier alpha value is -0.850. The molecule has 0 radical (unpaired) electrons. The lowest BCUT2D eigenvalue weighted by atomic mass is 9.98. The number of carbonyl (C=O) groups excluding carboxylic acids is 1. The number of likely N-dealkylation sites (tertiary alicyclic amines) is 1. The van der Waals surface area contributed by atoms with E-state index in [1.54, 1.807) is 0 Å². The lowest BCUT2D eigenvalue weighted by Gasteiger charge is -2.32. The van der Waals surface area contributed by atoms with Gasteiger partial charge in [-0.1, -0.05) is 30.3 Å². The molecule has 0 saturated carbocycles. The van der Waals surface area contributed by atoms with Crippen molar-refractivity contribution >= 4 is 30.7 Å². The van der Waals surface area contributed by atoms with Gasteiger partial charge in [0.25, 0.3) is 0 Å². The number of morpholine rings is 1. The Balaban J connectivity index is 0.00000144. The van der Waals surface area contributed by atoms with Crippen LogP contribution in [-0.4, -0.2) is 67.7 Å². The highest BCUT2D eigenvalue weighted by atomic mass is 35.5. The molecule has 0 aliphatic carbocycles. The van der Waals surface area contributed by atoms with Gasteiger partial charge in [0.15, 0.2) is 0 Å². The van der Waals surface area contributed by atoms with Crippen LogP contribution in [0.5, 0.6) is 0 Å². The third-order valence-corrected chi connectivity index (χ3v) is 4.77. The van der Waals surface area contributed by atoms with E-state index in [1.165, 1.54) is 0 Å². The molecule has 2 aliphatic heterocycles. The van der Waals surface area contributed by atoms with Gasteiger partial charge in [0.1, 0.15) is 0 Å². The first-order chi connectivity index (χ1) is 10.8. The summed E-state index contributed by atoms with van der Waals surface area (Å²) in [7, 11) is 0. The zero-order chi connectivity index (χ0) is 15.4. The van der Waals surface area contributed by atoms with Crippen LogP contribution in [0.2, 0.25) is 0 Å². The molecule has 2 aliphatic rings. The van der Waals surface area contributed by atoms with Gasteiger partial charge in [-0.25, -0.2) is 0 Å². The maximum absolute atomic E-state index is 12.8. The SMILES string of the molecule is Cl.Cl.NCC(C(=O)N1CCC(N2CCOCC2)C1)c1ccccc1. The quantitative estimate of drug-likeness (QED) is 0.866. The molecule has 1 aromatic rings. The van der Waals surface area contributed by atoms with E-state index in [2.05, 4.69) is 4.90 Å². The Kier molecular flexibility index (Phi) is 9.02. The predicted molar refractivity (Wildman–Crippen MR) is 100 cm³/mol. The van der Waals surface area contributed by atoms with Gasteiger partial charge in [0.2, 0.25) is 5.91 Å². The largest absolute Gasteiger partial charge is 0.379 e. The first-order valence-electron chi connectivity index (χ1n) is 8.15. The fourth-order valence-electron chi connectivity index (χ4n) is 3.47. The summed E-state index contributed by atoms with van der Waals surface area (Å²) < 4.78 is 5.41. The third-order valence-electron chi connectivity index (χ3n) is 4.77. The molecule has 0 aromatic heterocycles. The van der Waals surface area contributed by atoms with Crippen molar-refractivity contribution in [1.29, 1.82) is 0 Å². The number of rotatable bonds is 4. The van der Waals surface area contributed by atoms with Crippen molar-refractivity contribution in [2.45, 2.75) is 18.4 Å². The number of benzene rings is 1. The van der Waals surface area contributed by atoms with E-state index in [1.807, 2.05) is 35.2 Å². The fourth-order valence-corrected chi connectivity index (χ4v) is 3.47. The lowest BCUT2D eigenvalue weighted by Crippen LogP contribution is -2.45. The van der Waals surface area contributed by atoms with Crippen LogP contribution in [0.25, 0.3) is 0 Å². The van der Waals surface area contributed by atoms with Crippen LogP contribution in [0.4, 0.5) is 0 Å². The number of halogens is 2. The summed E-state index contributed by atoms with van der Waals surface area (Å²) in [5.41, 5.74) is 6.89. The second-order valence-electron chi connectivity index (χ2n) is 6.07. The van der Waals surface area contributed by atoms with E-state index < -0.39 is 0 Å². The first kappa shape index (κ1) is 21.2. The Morgan fingerprint density at radius 2 is 1.83 bits per heavy atom. The van der Waals surface area contributed by atoms with Gasteiger partial charge in [-0.3, -0.25) is 9.69 Å². The predicted octanol–water partition coefficient (Wildman–Crippen LogP) is 1.51. The van der Waals surface area contributed by atoms with Gasteiger partial charge < -0.3 is 15.4 Å². The van der Waals surface area contributed by atoms with Crippen LogP contribution < -0.4 is 5.73 Å². The van der Waals surface area contributed by atoms with E-state index in [9.17, 15) is 4.79 Å². The molecule has 1 amide bonds. The van der Waals surface area contributed by atoms with Crippen LogP contribution in [-0.2, 0) is 9.53 Å². The average Bonchev–Trinajstić information content (AvgIpc) is 3.07. The van der Waals surface area contributed by atoms with Crippen molar-refractivity contribution in [1.82, 2.24) is 9.80 Å². The Bertz CT molecular complexity index is 498. The highest BCUT2D eigenvalue weighted by molar-refractivity contribution is 5.85. The summed E-state index contributed by atoms with van der Waals surface area (Å²) in [5, 5.41) is 0. The minimum absolute atomic E-state index is 0. The molecule has 5 nitrogen and oxygen atoms in total. The zero-order valence-electron chi connectivity index (χ0n) is 13.8. The molecule has 2 atom stereocenters. The molecular weight excluding hydrogens is 349 g/mol. The van der Waals surface area contributed by atoms with E-state index >= 15 is 0 Å². The molecule has 2 heterocycles. The van der Waals surface area contributed by atoms with Crippen molar-refractivity contribution in [3.05, 3.63) is 35.9 Å². The van der Waals surface area contributed by atoms with Crippen molar-refractivity contribution in [2.24, 2.45) is 5.73 Å². The van der Waals surface area contributed by atoms with Crippen LogP contribution in [0.1, 0.15) is 17.9 Å². The van der Waals surface area contributed by atoms with Gasteiger partial charge in [-0.2, -0.15) is 0 Å². The average molecular weight is 376 g/mol. The van der Waals surface area contributed by atoms with Crippen LogP contribution in [0.3, 0.4) is 0 Å². The molecule has 2 N–H and O–H groups in total. The van der Waals surface area contributed by atoms with Crippen molar-refractivity contribution < 1.29 is 9.53 Å². The van der Waals surface area contributed by atoms with Gasteiger partial charge in [0.05, 0.1) is 19.1 Å². The molecule has 24 heavy (non-hydrogen) atoms. The number of hydrogen-bond acceptors (Lipinski definition) is 4. The molecule has 2 unspecified atom stereocenters.